The highest BCUT2D eigenvalue weighted by Crippen LogP contribution is 1.23. The van der Waals surface area contributed by atoms with Gasteiger partial charge in [-0.15, -0.1) is 0 Å². The van der Waals surface area contributed by atoms with Gasteiger partial charge in [0.2, 0.25) is 0 Å². The molecule has 0 nitrogen and oxygen atoms in total. The molecule has 0 aromatic heterocycles. The monoisotopic (exact) mass is 1420 g/mol. The van der Waals surface area contributed by atoms with Crippen LogP contribution in [0.5, 0.6) is 0 Å². The lowest BCUT2D eigenvalue weighted by atomic mass is 11.0. The molecule has 0 saturated heterocycles. The van der Waals surface area contributed by atoms with Crippen molar-refractivity contribution in [3.8, 4) is 0 Å². The Bertz CT molecular complexity index is 0. The molecule has 0 heterocycles. The molecular weight excluding hydrogens is 1130 g/mol. The zero-order valence-electron chi connectivity index (χ0n) is 90.0. The summed E-state index contributed by atoms with van der Waals surface area (Å²) in [7, 11) is 0. The van der Waals surface area contributed by atoms with E-state index in [2.05, 4.69) is 0 Å². The molecule has 0 amide bonds. The van der Waals surface area contributed by atoms with E-state index in [9.17, 15) is 0 Å². The Morgan fingerprint density at radius 1 is 0.0319 bits per heavy atom. The van der Waals surface area contributed by atoms with Crippen LogP contribution in [0.3, 0.4) is 0 Å². The molecule has 0 aliphatic rings. The highest BCUT2D eigenvalue weighted by Gasteiger charge is 1.02. The number of hydrogen-bond acceptors (Lipinski definition) is 0. The highest BCUT2D eigenvalue weighted by molar-refractivity contribution is 3.59. The molecule has 0 atom stereocenters. The Balaban J connectivity index is -0.00000000468. The van der Waals surface area contributed by atoms with E-state index in [4.69, 9.17) is 0 Å². The van der Waals surface area contributed by atoms with E-state index in [1.54, 1.807) is 0 Å². The predicted octanol–water partition coefficient (Wildman–Crippen LogP) is 48.7. The molecular formula is C94H286. The summed E-state index contributed by atoms with van der Waals surface area (Å²) in [5, 5.41) is 0. The normalized spacial score (nSPS) is 2.87. The fraction of sp³-hybridized carbons (Fsp3) is 1.00. The van der Waals surface area contributed by atoms with Gasteiger partial charge in [-0.3, -0.25) is 0 Å². The average molecular weight is 1420 g/mol. The Morgan fingerprint density at radius 2 is 0.0319 bits per heavy atom. The first kappa shape index (κ1) is 401. The summed E-state index contributed by atoms with van der Waals surface area (Å²) in [6.07, 6.45) is 0. The topological polar surface area (TPSA) is 0 Å². The van der Waals surface area contributed by atoms with Gasteiger partial charge in [0.25, 0.3) is 0 Å². The second-order valence-corrected chi connectivity index (χ2v) is 0. The van der Waals surface area contributed by atoms with Gasteiger partial charge in [0, 0.05) is 0 Å². The molecule has 0 heteroatoms. The van der Waals surface area contributed by atoms with Crippen LogP contribution in [0.15, 0.2) is 0 Å². The van der Waals surface area contributed by atoms with Gasteiger partial charge >= 0.3 is 0 Å². The van der Waals surface area contributed by atoms with Gasteiger partial charge in [0.05, 0.1) is 0 Å². The molecule has 0 rings (SSSR count). The maximum Gasteiger partial charge on any atom is -0.0683 e. The van der Waals surface area contributed by atoms with Crippen molar-refractivity contribution in [2.24, 2.45) is 0 Å². The first-order chi connectivity index (χ1) is 45.0. The molecule has 94 heavy (non-hydrogen) atoms. The van der Waals surface area contributed by atoms with Gasteiger partial charge in [-0.25, -0.2) is 0 Å². The van der Waals surface area contributed by atoms with E-state index in [-0.39, 0.29) is 29.7 Å². The van der Waals surface area contributed by atoms with E-state index >= 15 is 0 Å². The molecule has 0 aromatic carbocycles. The van der Waals surface area contributed by atoms with Gasteiger partial charge in [-0.05, 0) is 0 Å². The summed E-state index contributed by atoms with van der Waals surface area (Å²) in [6, 6.07) is 0. The summed E-state index contributed by atoms with van der Waals surface area (Å²) < 4.78 is 0. The van der Waals surface area contributed by atoms with Crippen molar-refractivity contribution in [1.82, 2.24) is 0 Å². The van der Waals surface area contributed by atoms with Crippen LogP contribution in [-0.4, -0.2) is 0 Å². The summed E-state index contributed by atoms with van der Waals surface area (Å²) in [5.41, 5.74) is 0. The summed E-state index contributed by atoms with van der Waals surface area (Å²) in [6.45, 7) is 180. The summed E-state index contributed by atoms with van der Waals surface area (Å²) >= 11 is 0. The van der Waals surface area contributed by atoms with Crippen molar-refractivity contribution in [1.29, 1.82) is 0 Å². The molecule has 0 aliphatic heterocycles. The SMILES string of the molecule is C.C.C.C.CC.CC.CC.CC.CC.CC.CC.CC.CC.CC.CC.CC.CC.CC.CC.CC.CC.CC.CC.CC.CC.CC.CC.CC.CC.CC.CC.CC.CC.CC.CC.CC.CC.CC.CC.CC.CC.CC.CC.CC.CC.CC.CC.CC.CC. The Hall–Kier alpha value is 0. The summed E-state index contributed by atoms with van der Waals surface area (Å²) in [4.78, 5) is 0. The minimum absolute atomic E-state index is 0. The maximum absolute atomic E-state index is 2.00. The quantitative estimate of drug-likeness (QED) is 0.227. The Labute approximate surface area is 649 Å². The van der Waals surface area contributed by atoms with Crippen LogP contribution in [0.4, 0.5) is 0 Å². The minimum Gasteiger partial charge on any atom is -0.0776 e. The van der Waals surface area contributed by atoms with Gasteiger partial charge in [-0.2, -0.15) is 0 Å². The van der Waals surface area contributed by atoms with Crippen molar-refractivity contribution >= 4 is 0 Å². The van der Waals surface area contributed by atoms with Crippen LogP contribution in [0.2, 0.25) is 0 Å². The highest BCUT2D eigenvalue weighted by atomic mass is 13.1. The lowest BCUT2D eigenvalue weighted by Gasteiger charge is -1.07. The van der Waals surface area contributed by atoms with Crippen LogP contribution in [0.1, 0.15) is 653 Å². The molecule has 0 unspecified atom stereocenters. The number of hydrogen-bond donors (Lipinski definition) is 0. The van der Waals surface area contributed by atoms with Crippen LogP contribution < -0.4 is 0 Å². The van der Waals surface area contributed by atoms with Gasteiger partial charge in [0.15, 0.2) is 0 Å². The van der Waals surface area contributed by atoms with Gasteiger partial charge in [0.1, 0.15) is 0 Å². The third kappa shape index (κ3) is 0. The third-order valence-electron chi connectivity index (χ3n) is 0. The second kappa shape index (κ2) is 0. The van der Waals surface area contributed by atoms with E-state index in [1.807, 2.05) is 623 Å². The summed E-state index contributed by atoms with van der Waals surface area (Å²) in [5.74, 6) is 0. The lowest BCUT2D eigenvalue weighted by Crippen LogP contribution is -0.856. The van der Waals surface area contributed by atoms with E-state index in [0.717, 1.165) is 0 Å². The fourth-order valence-corrected chi connectivity index (χ4v) is 0. The van der Waals surface area contributed by atoms with Crippen molar-refractivity contribution in [2.75, 3.05) is 0 Å². The largest absolute Gasteiger partial charge is 0.0776 e. The van der Waals surface area contributed by atoms with Crippen LogP contribution in [0.25, 0.3) is 0 Å². The standard InChI is InChI=1S/45C2H6.4CH4/c45*1-2;;;;/h45*1-2H3;4*1H4. The van der Waals surface area contributed by atoms with E-state index in [1.165, 1.54) is 0 Å². The molecule has 0 bridgehead atoms. The predicted molar refractivity (Wildman–Crippen MR) is 538 cm³/mol. The molecule has 0 spiro atoms. The van der Waals surface area contributed by atoms with E-state index in [0.29, 0.717) is 0 Å². The van der Waals surface area contributed by atoms with Crippen molar-refractivity contribution in [2.45, 2.75) is 653 Å². The Kier molecular flexibility index (Phi) is 0. The Morgan fingerprint density at radius 3 is 0.0319 bits per heavy atom. The number of rotatable bonds is 0. The molecule has 0 fully saturated rings. The molecule has 0 aliphatic carbocycles. The van der Waals surface area contributed by atoms with Crippen LogP contribution in [-0.2, 0) is 0 Å². The molecule has 0 N–H and O–H groups in total. The van der Waals surface area contributed by atoms with Gasteiger partial charge < -0.3 is 0 Å². The zero-order chi connectivity index (χ0) is 90.0. The molecule has 0 saturated carbocycles. The van der Waals surface area contributed by atoms with Gasteiger partial charge in [-0.1, -0.05) is 653 Å². The molecule has 0 radical (unpaired) electrons. The molecule has 662 valence electrons. The molecule has 0 aromatic rings. The fourth-order valence-electron chi connectivity index (χ4n) is 0. The minimum atomic E-state index is 0. The smallest absolute Gasteiger partial charge is 0.0683 e. The third-order valence-corrected chi connectivity index (χ3v) is 0. The van der Waals surface area contributed by atoms with Crippen LogP contribution in [0, 0.1) is 0 Å². The first-order valence-electron chi connectivity index (χ1n) is 45.0. The second-order valence-electron chi connectivity index (χ2n) is 0. The van der Waals surface area contributed by atoms with Crippen molar-refractivity contribution in [3.05, 3.63) is 0 Å². The van der Waals surface area contributed by atoms with E-state index < -0.39 is 0 Å². The maximum atomic E-state index is 2.00. The zero-order valence-corrected chi connectivity index (χ0v) is 90.0. The lowest BCUT2D eigenvalue weighted by molar-refractivity contribution is 1.50. The van der Waals surface area contributed by atoms with Crippen LogP contribution >= 0.6 is 0 Å². The van der Waals surface area contributed by atoms with Crippen molar-refractivity contribution < 1.29 is 0 Å². The average Bonchev–Trinajstić information content (AvgIpc) is 3.79. The van der Waals surface area contributed by atoms with Crippen molar-refractivity contribution in [3.63, 3.8) is 0 Å². The first-order valence-corrected chi connectivity index (χ1v) is 45.0.